The Balaban J connectivity index is -0.0000000366. The van der Waals surface area contributed by atoms with Gasteiger partial charge in [0.2, 0.25) is 0 Å². The van der Waals surface area contributed by atoms with Gasteiger partial charge in [-0.2, -0.15) is 0 Å². The zero-order chi connectivity index (χ0) is 15.4. The van der Waals surface area contributed by atoms with Crippen LogP contribution in [0.4, 0.5) is 0 Å². The number of rotatable bonds is 4. The zero-order valence-corrected chi connectivity index (χ0v) is 23.9. The van der Waals surface area contributed by atoms with Crippen LogP contribution in [0, 0.1) is 0 Å². The SMILES string of the molecule is N.O=P([O-])(O)OP(=O)(O)O.O=P([O-])([O-])OP(=O)([O-])O.[Na+].[Na+].[Na+].[Na+]. The van der Waals surface area contributed by atoms with Gasteiger partial charge in [0, 0.05) is 0 Å². The van der Waals surface area contributed by atoms with Gasteiger partial charge < -0.3 is 49.9 Å². The third-order valence-corrected chi connectivity index (χ3v) is 3.71. The molecule has 0 aromatic heterocycles. The van der Waals surface area contributed by atoms with Crippen LogP contribution in [0.5, 0.6) is 0 Å². The molecule has 2 unspecified atom stereocenters. The number of hydrogen-bond donors (Lipinski definition) is 5. The minimum absolute atomic E-state index is 0. The fourth-order valence-corrected chi connectivity index (χ4v) is 2.35. The van der Waals surface area contributed by atoms with Gasteiger partial charge in [0.1, 0.15) is 0 Å². The largest absolute Gasteiger partial charge is 1.00 e. The summed E-state index contributed by atoms with van der Waals surface area (Å²) in [6.45, 7) is 0. The first-order valence-corrected chi connectivity index (χ1v) is 8.97. The molecule has 0 aromatic rings. The summed E-state index contributed by atoms with van der Waals surface area (Å²) in [6, 6.07) is 0. The van der Waals surface area contributed by atoms with Gasteiger partial charge in [0.15, 0.2) is 0 Å². The van der Waals surface area contributed by atoms with Crippen molar-refractivity contribution in [1.29, 1.82) is 0 Å². The molecule has 120 valence electrons. The number of hydrogen-bond acceptors (Lipinski definition) is 11. The first-order chi connectivity index (χ1) is 7.41. The molecule has 0 aliphatic carbocycles. The van der Waals surface area contributed by atoms with Crippen LogP contribution in [0.15, 0.2) is 0 Å². The van der Waals surface area contributed by atoms with E-state index in [2.05, 4.69) is 8.62 Å². The summed E-state index contributed by atoms with van der Waals surface area (Å²) in [5.74, 6) is 0. The zero-order valence-electron chi connectivity index (χ0n) is 12.4. The van der Waals surface area contributed by atoms with E-state index >= 15 is 0 Å². The summed E-state index contributed by atoms with van der Waals surface area (Å²) < 4.78 is 43.4. The predicted octanol–water partition coefficient (Wildman–Crippen LogP) is -16.0. The molecule has 0 amide bonds. The van der Waals surface area contributed by atoms with E-state index in [1.54, 1.807) is 0 Å². The van der Waals surface area contributed by atoms with Crippen molar-refractivity contribution in [2.75, 3.05) is 0 Å². The molecule has 0 rings (SSSR count). The maximum absolute atomic E-state index is 9.59. The predicted molar refractivity (Wildman–Crippen MR) is 46.5 cm³/mol. The molecule has 15 nitrogen and oxygen atoms in total. The van der Waals surface area contributed by atoms with Crippen LogP contribution in [0.3, 0.4) is 0 Å². The van der Waals surface area contributed by atoms with E-state index in [1.807, 2.05) is 0 Å². The van der Waals surface area contributed by atoms with Crippen molar-refractivity contribution in [3.8, 4) is 0 Å². The van der Waals surface area contributed by atoms with Crippen molar-refractivity contribution in [1.82, 2.24) is 6.15 Å². The molecule has 0 bridgehead atoms. The first kappa shape index (κ1) is 45.9. The molecule has 0 radical (unpaired) electrons. The van der Waals surface area contributed by atoms with Crippen LogP contribution in [-0.4, -0.2) is 19.6 Å². The van der Waals surface area contributed by atoms with Crippen molar-refractivity contribution in [2.45, 2.75) is 0 Å². The molecule has 0 saturated carbocycles. The van der Waals surface area contributed by atoms with Gasteiger partial charge >= 0.3 is 126 Å². The molecule has 7 N–H and O–H groups in total. The Hall–Kier alpha value is 4.48. The fraction of sp³-hybridized carbons (Fsp3) is 0. The summed E-state index contributed by atoms with van der Waals surface area (Å²) in [4.78, 5) is 68.3. The smallest absolute Gasteiger partial charge is 0.790 e. The average Bonchev–Trinajstić information content (AvgIpc) is 1.64. The maximum Gasteiger partial charge on any atom is 1.00 e. The van der Waals surface area contributed by atoms with E-state index in [4.69, 9.17) is 19.6 Å². The van der Waals surface area contributed by atoms with E-state index in [0.29, 0.717) is 0 Å². The molecule has 0 heterocycles. The summed E-state index contributed by atoms with van der Waals surface area (Å²) in [5.41, 5.74) is 0. The molecule has 0 aliphatic heterocycles. The van der Waals surface area contributed by atoms with Gasteiger partial charge in [-0.05, 0) is 0 Å². The van der Waals surface area contributed by atoms with Gasteiger partial charge in [-0.15, -0.1) is 0 Å². The Kier molecular flexibility index (Phi) is 37.0. The fourth-order valence-electron chi connectivity index (χ4n) is 0.261. The quantitative estimate of drug-likeness (QED) is 0.192. The Morgan fingerprint density at radius 2 is 0.826 bits per heavy atom. The van der Waals surface area contributed by atoms with Crippen LogP contribution in [0.1, 0.15) is 0 Å². The van der Waals surface area contributed by atoms with Crippen LogP contribution in [0.2, 0.25) is 0 Å². The topological polar surface area (TPSA) is 295 Å². The van der Waals surface area contributed by atoms with Crippen molar-refractivity contribution < 1.29 is 184 Å². The molecule has 0 aromatic carbocycles. The van der Waals surface area contributed by atoms with Crippen molar-refractivity contribution in [2.24, 2.45) is 0 Å². The molecule has 0 saturated heterocycles. The van der Waals surface area contributed by atoms with Gasteiger partial charge in [-0.1, -0.05) is 0 Å². The molecule has 2 atom stereocenters. The second-order valence-electron chi connectivity index (χ2n) is 2.04. The Bertz CT molecular complexity index is 358. The average molecular weight is 461 g/mol. The van der Waals surface area contributed by atoms with E-state index < -0.39 is 31.3 Å². The standard InChI is InChI=1S/H3N.4Na.2H4O7P2/c;;;;;2*1-8(2,3)7-9(4,5)6/h1H3;;;;;2*(H2,1,2,3)(H2,4,5,6)/q;4*+1;;/p-4. The van der Waals surface area contributed by atoms with Crippen LogP contribution in [-0.2, 0) is 26.9 Å². The normalized spacial score (nSPS) is 15.0. The monoisotopic (exact) mass is 461 g/mol. The minimum Gasteiger partial charge on any atom is -0.790 e. The Labute approximate surface area is 218 Å². The van der Waals surface area contributed by atoms with E-state index in [9.17, 15) is 37.8 Å². The molecule has 0 aliphatic rings. The summed E-state index contributed by atoms with van der Waals surface area (Å²) in [5, 5.41) is 0. The molecule has 23 heteroatoms. The van der Waals surface area contributed by atoms with E-state index in [-0.39, 0.29) is 124 Å². The van der Waals surface area contributed by atoms with Gasteiger partial charge in [0.05, 0.1) is 7.82 Å². The maximum atomic E-state index is 9.59. The van der Waals surface area contributed by atoms with Crippen molar-refractivity contribution >= 4 is 31.3 Å². The van der Waals surface area contributed by atoms with E-state index in [1.165, 1.54) is 0 Å². The van der Waals surface area contributed by atoms with Gasteiger partial charge in [-0.3, -0.25) is 13.4 Å². The molecule has 0 spiro atoms. The first-order valence-electron chi connectivity index (χ1n) is 2.99. The van der Waals surface area contributed by atoms with E-state index in [0.717, 1.165) is 0 Å². The Morgan fingerprint density at radius 1 is 0.609 bits per heavy atom. The molecular formula is H7NNa4O14P4. The van der Waals surface area contributed by atoms with Crippen LogP contribution < -0.4 is 144 Å². The second kappa shape index (κ2) is 18.5. The van der Waals surface area contributed by atoms with Crippen LogP contribution in [0.25, 0.3) is 0 Å². The van der Waals surface area contributed by atoms with Gasteiger partial charge in [0.25, 0.3) is 15.6 Å². The Morgan fingerprint density at radius 3 is 0.826 bits per heavy atom. The third kappa shape index (κ3) is 58.4. The minimum atomic E-state index is -5.61. The van der Waals surface area contributed by atoms with Crippen molar-refractivity contribution in [3.63, 3.8) is 0 Å². The summed E-state index contributed by atoms with van der Waals surface area (Å²) >= 11 is 0. The molecule has 23 heavy (non-hydrogen) atoms. The summed E-state index contributed by atoms with van der Waals surface area (Å²) in [7, 11) is -21.5. The van der Waals surface area contributed by atoms with Crippen LogP contribution >= 0.6 is 31.3 Å². The van der Waals surface area contributed by atoms with Gasteiger partial charge in [-0.25, -0.2) is 8.88 Å². The molecule has 0 fully saturated rings. The summed E-state index contributed by atoms with van der Waals surface area (Å²) in [6.07, 6.45) is 0. The third-order valence-electron chi connectivity index (χ3n) is 0.413. The molecular weight excluding hydrogens is 454 g/mol. The number of phosphoric acid groups is 4. The van der Waals surface area contributed by atoms with Crippen molar-refractivity contribution in [3.05, 3.63) is 0 Å². The second-order valence-corrected chi connectivity index (χ2v) is 7.09.